The van der Waals surface area contributed by atoms with E-state index in [-0.39, 0.29) is 19.4 Å². The standard InChI is InChI=1S/C11H14FN3O4/c1-2-7(4-9(13)16)14-10(17)8-3-6(12)5-15(8)11(18)19/h1,6-8H,3-5H2,(H2,13,16)(H,14,17)(H,18,19)/t6-,7?,8+/m1/s1. The summed E-state index contributed by atoms with van der Waals surface area (Å²) in [5.41, 5.74) is 4.95. The second-order valence-corrected chi connectivity index (χ2v) is 4.18. The monoisotopic (exact) mass is 271 g/mol. The quantitative estimate of drug-likeness (QED) is 0.573. The minimum Gasteiger partial charge on any atom is -0.465 e. The first kappa shape index (κ1) is 14.8. The van der Waals surface area contributed by atoms with Crippen LogP contribution in [-0.2, 0) is 9.59 Å². The lowest BCUT2D eigenvalue weighted by Gasteiger charge is -2.21. The van der Waals surface area contributed by atoms with E-state index in [1.807, 2.05) is 0 Å². The molecule has 0 spiro atoms. The summed E-state index contributed by atoms with van der Waals surface area (Å²) in [6.07, 6.45) is 1.84. The number of hydrogen-bond acceptors (Lipinski definition) is 3. The Labute approximate surface area is 108 Å². The van der Waals surface area contributed by atoms with E-state index in [0.29, 0.717) is 4.90 Å². The molecule has 19 heavy (non-hydrogen) atoms. The molecule has 1 fully saturated rings. The molecule has 3 atom stereocenters. The van der Waals surface area contributed by atoms with Crippen LogP contribution < -0.4 is 11.1 Å². The minimum atomic E-state index is -1.40. The second kappa shape index (κ2) is 6.04. The average molecular weight is 271 g/mol. The normalized spacial score (nSPS) is 23.5. The predicted octanol–water partition coefficient (Wildman–Crippen LogP) is -0.930. The number of amides is 3. The number of alkyl halides is 1. The number of carboxylic acid groups (broad SMARTS) is 1. The predicted molar refractivity (Wildman–Crippen MR) is 62.6 cm³/mol. The van der Waals surface area contributed by atoms with Crippen LogP contribution in [0.5, 0.6) is 0 Å². The van der Waals surface area contributed by atoms with E-state index in [4.69, 9.17) is 17.3 Å². The number of rotatable bonds is 4. The Balaban J connectivity index is 2.69. The third kappa shape index (κ3) is 3.84. The van der Waals surface area contributed by atoms with Gasteiger partial charge in [0.1, 0.15) is 12.2 Å². The Kier molecular flexibility index (Phi) is 4.69. The highest BCUT2D eigenvalue weighted by Crippen LogP contribution is 2.20. The fraction of sp³-hybridized carbons (Fsp3) is 0.545. The van der Waals surface area contributed by atoms with E-state index in [2.05, 4.69) is 11.2 Å². The van der Waals surface area contributed by atoms with Crippen LogP contribution in [0.3, 0.4) is 0 Å². The fourth-order valence-electron chi connectivity index (χ4n) is 1.87. The molecule has 7 nitrogen and oxygen atoms in total. The van der Waals surface area contributed by atoms with Crippen LogP contribution in [0.2, 0.25) is 0 Å². The van der Waals surface area contributed by atoms with Crippen molar-refractivity contribution in [3.05, 3.63) is 0 Å². The van der Waals surface area contributed by atoms with Crippen LogP contribution in [-0.4, -0.2) is 52.7 Å². The smallest absolute Gasteiger partial charge is 0.408 e. The first-order chi connectivity index (χ1) is 8.85. The zero-order valence-corrected chi connectivity index (χ0v) is 10.0. The zero-order chi connectivity index (χ0) is 14.6. The maximum absolute atomic E-state index is 13.2. The highest BCUT2D eigenvalue weighted by molar-refractivity contribution is 5.87. The molecule has 1 aliphatic rings. The van der Waals surface area contributed by atoms with Crippen molar-refractivity contribution in [2.24, 2.45) is 5.73 Å². The van der Waals surface area contributed by atoms with Crippen LogP contribution >= 0.6 is 0 Å². The molecule has 8 heteroatoms. The molecule has 0 aromatic rings. The van der Waals surface area contributed by atoms with E-state index in [9.17, 15) is 18.8 Å². The van der Waals surface area contributed by atoms with Gasteiger partial charge in [-0.3, -0.25) is 14.5 Å². The summed E-state index contributed by atoms with van der Waals surface area (Å²) in [6, 6.07) is -2.07. The van der Waals surface area contributed by atoms with Crippen molar-refractivity contribution in [1.82, 2.24) is 10.2 Å². The molecule has 1 rings (SSSR count). The zero-order valence-electron chi connectivity index (χ0n) is 10.0. The summed E-state index contributed by atoms with van der Waals surface area (Å²) in [5.74, 6) is 0.720. The molecule has 1 aliphatic heterocycles. The summed E-state index contributed by atoms with van der Waals surface area (Å²) in [6.45, 7) is -0.357. The highest BCUT2D eigenvalue weighted by Gasteiger charge is 2.40. The molecule has 104 valence electrons. The van der Waals surface area contributed by atoms with E-state index in [0.717, 1.165) is 0 Å². The maximum atomic E-state index is 13.2. The second-order valence-electron chi connectivity index (χ2n) is 4.18. The number of hydrogen-bond donors (Lipinski definition) is 3. The largest absolute Gasteiger partial charge is 0.465 e. The number of likely N-dealkylation sites (tertiary alicyclic amines) is 1. The molecule has 1 saturated heterocycles. The molecule has 0 aromatic carbocycles. The van der Waals surface area contributed by atoms with Crippen LogP contribution in [0.4, 0.5) is 9.18 Å². The Morgan fingerprint density at radius 2 is 2.21 bits per heavy atom. The summed E-state index contributed by atoms with van der Waals surface area (Å²) in [5, 5.41) is 11.1. The number of carbonyl (C=O) groups excluding carboxylic acids is 2. The van der Waals surface area contributed by atoms with Crippen LogP contribution in [0.1, 0.15) is 12.8 Å². The maximum Gasteiger partial charge on any atom is 0.408 e. The van der Waals surface area contributed by atoms with Crippen molar-refractivity contribution < 1.29 is 23.9 Å². The van der Waals surface area contributed by atoms with Gasteiger partial charge in [-0.2, -0.15) is 0 Å². The van der Waals surface area contributed by atoms with Crippen molar-refractivity contribution in [3.63, 3.8) is 0 Å². The number of nitrogens with one attached hydrogen (secondary N) is 1. The Morgan fingerprint density at radius 3 is 2.68 bits per heavy atom. The number of halogens is 1. The third-order valence-electron chi connectivity index (χ3n) is 2.72. The van der Waals surface area contributed by atoms with Crippen molar-refractivity contribution in [3.8, 4) is 12.3 Å². The van der Waals surface area contributed by atoms with Crippen molar-refractivity contribution >= 4 is 17.9 Å². The average Bonchev–Trinajstić information content (AvgIpc) is 2.70. The van der Waals surface area contributed by atoms with Gasteiger partial charge in [-0.1, -0.05) is 5.92 Å². The lowest BCUT2D eigenvalue weighted by atomic mass is 10.1. The summed E-state index contributed by atoms with van der Waals surface area (Å²) >= 11 is 0. The first-order valence-corrected chi connectivity index (χ1v) is 5.53. The lowest BCUT2D eigenvalue weighted by molar-refractivity contribution is -0.125. The summed E-state index contributed by atoms with van der Waals surface area (Å²) in [7, 11) is 0. The van der Waals surface area contributed by atoms with Crippen molar-refractivity contribution in [2.75, 3.05) is 6.54 Å². The number of terminal acetylenes is 1. The molecule has 1 unspecified atom stereocenters. The Hall–Kier alpha value is -2.30. The molecule has 4 N–H and O–H groups in total. The fourth-order valence-corrected chi connectivity index (χ4v) is 1.87. The van der Waals surface area contributed by atoms with E-state index >= 15 is 0 Å². The van der Waals surface area contributed by atoms with Gasteiger partial charge in [0.25, 0.3) is 0 Å². The van der Waals surface area contributed by atoms with Gasteiger partial charge < -0.3 is 16.2 Å². The molecule has 0 radical (unpaired) electrons. The SMILES string of the molecule is C#CC(CC(N)=O)NC(=O)[C@@H]1C[C@@H](F)CN1C(=O)O. The van der Waals surface area contributed by atoms with Crippen LogP contribution in [0.25, 0.3) is 0 Å². The molecule has 0 aromatic heterocycles. The molecule has 0 saturated carbocycles. The van der Waals surface area contributed by atoms with Gasteiger partial charge in [-0.05, 0) is 0 Å². The number of carbonyl (C=O) groups is 3. The van der Waals surface area contributed by atoms with Gasteiger partial charge in [-0.25, -0.2) is 9.18 Å². The summed E-state index contributed by atoms with van der Waals surface area (Å²) in [4.78, 5) is 34.1. The van der Waals surface area contributed by atoms with E-state index < -0.39 is 36.2 Å². The minimum absolute atomic E-state index is 0.230. The van der Waals surface area contributed by atoms with Crippen molar-refractivity contribution in [1.29, 1.82) is 0 Å². The van der Waals surface area contributed by atoms with Gasteiger partial charge in [0.15, 0.2) is 0 Å². The molecule has 3 amide bonds. The molecule has 0 bridgehead atoms. The summed E-state index contributed by atoms with van der Waals surface area (Å²) < 4.78 is 13.2. The van der Waals surface area contributed by atoms with Gasteiger partial charge >= 0.3 is 6.09 Å². The Bertz CT molecular complexity index is 434. The first-order valence-electron chi connectivity index (χ1n) is 5.53. The van der Waals surface area contributed by atoms with E-state index in [1.54, 1.807) is 0 Å². The Morgan fingerprint density at radius 1 is 1.58 bits per heavy atom. The van der Waals surface area contributed by atoms with E-state index in [1.165, 1.54) is 0 Å². The lowest BCUT2D eigenvalue weighted by Crippen LogP contribution is -2.48. The van der Waals surface area contributed by atoms with Gasteiger partial charge in [0.2, 0.25) is 11.8 Å². The molecular formula is C11H14FN3O4. The topological polar surface area (TPSA) is 113 Å². The van der Waals surface area contributed by atoms with Crippen molar-refractivity contribution in [2.45, 2.75) is 31.1 Å². The van der Waals surface area contributed by atoms with Crippen LogP contribution in [0.15, 0.2) is 0 Å². The van der Waals surface area contributed by atoms with Crippen LogP contribution in [0, 0.1) is 12.3 Å². The number of nitrogens with zero attached hydrogens (tertiary/aromatic N) is 1. The highest BCUT2D eigenvalue weighted by atomic mass is 19.1. The third-order valence-corrected chi connectivity index (χ3v) is 2.72. The van der Waals surface area contributed by atoms with Gasteiger partial charge in [0.05, 0.1) is 19.0 Å². The molecular weight excluding hydrogens is 257 g/mol. The molecule has 1 heterocycles. The molecule has 0 aliphatic carbocycles. The number of primary amides is 1. The van der Waals surface area contributed by atoms with Gasteiger partial charge in [-0.15, -0.1) is 6.42 Å². The number of nitrogens with two attached hydrogens (primary N) is 1. The van der Waals surface area contributed by atoms with Gasteiger partial charge in [0, 0.05) is 6.42 Å².